The van der Waals surface area contributed by atoms with E-state index < -0.39 is 10.0 Å². The number of rotatable bonds is 3. The molecule has 0 aliphatic rings. The largest absolute Gasteiger partial charge is 0.399 e. The fourth-order valence-electron chi connectivity index (χ4n) is 1.56. The number of hydrogen-bond donors (Lipinski definition) is 2. The maximum atomic E-state index is 12.4. The fourth-order valence-corrected chi connectivity index (χ4v) is 5.60. The van der Waals surface area contributed by atoms with Gasteiger partial charge in [0.2, 0.25) is 0 Å². The molecule has 0 fully saturated rings. The Kier molecular flexibility index (Phi) is 4.98. The van der Waals surface area contributed by atoms with Crippen molar-refractivity contribution in [3.8, 4) is 0 Å². The van der Waals surface area contributed by atoms with E-state index in [9.17, 15) is 8.42 Å². The molecule has 8 heteroatoms. The number of benzene rings is 2. The molecule has 2 rings (SSSR count). The molecule has 0 saturated carbocycles. The van der Waals surface area contributed by atoms with Crippen molar-refractivity contribution in [3.05, 3.63) is 48.9 Å². The topological polar surface area (TPSA) is 72.2 Å². The first-order valence-corrected chi connectivity index (χ1v) is 9.47. The van der Waals surface area contributed by atoms with Crippen LogP contribution in [0.2, 0.25) is 0 Å². The van der Waals surface area contributed by atoms with Crippen LogP contribution in [0.4, 0.5) is 11.4 Å². The molecule has 0 spiro atoms. The zero-order valence-electron chi connectivity index (χ0n) is 9.90. The van der Waals surface area contributed by atoms with Gasteiger partial charge >= 0.3 is 0 Å². The van der Waals surface area contributed by atoms with Gasteiger partial charge in [0.25, 0.3) is 10.0 Å². The quantitative estimate of drug-likeness (QED) is 0.461. The van der Waals surface area contributed by atoms with E-state index in [1.54, 1.807) is 24.3 Å². The van der Waals surface area contributed by atoms with Crippen LogP contribution in [0.25, 0.3) is 0 Å². The van der Waals surface area contributed by atoms with Crippen molar-refractivity contribution in [1.29, 1.82) is 0 Å². The molecule has 0 amide bonds. The number of nitrogens with one attached hydrogen (secondary N) is 1. The highest BCUT2D eigenvalue weighted by Crippen LogP contribution is 2.33. The third-order valence-electron chi connectivity index (χ3n) is 2.39. The molecule has 2 aromatic carbocycles. The van der Waals surface area contributed by atoms with Crippen molar-refractivity contribution in [2.45, 2.75) is 4.90 Å². The third kappa shape index (κ3) is 3.66. The lowest BCUT2D eigenvalue weighted by molar-refractivity contribution is 0.600. The van der Waals surface area contributed by atoms with E-state index in [1.165, 1.54) is 0 Å². The Bertz CT molecular complexity index is 726. The number of hydrogen-bond acceptors (Lipinski definition) is 3. The second-order valence-corrected chi connectivity index (χ2v) is 8.50. The summed E-state index contributed by atoms with van der Waals surface area (Å²) in [5.41, 5.74) is 6.64. The number of halogens is 3. The number of anilines is 2. The number of sulfonamides is 1. The first-order valence-electron chi connectivity index (χ1n) is 5.32. The lowest BCUT2D eigenvalue weighted by atomic mass is 10.3. The Labute approximate surface area is 147 Å². The van der Waals surface area contributed by atoms with E-state index in [4.69, 9.17) is 5.73 Å². The molecular weight excluding hydrogens is 523 g/mol. The Morgan fingerprint density at radius 1 is 1.05 bits per heavy atom. The van der Waals surface area contributed by atoms with Crippen LogP contribution in [-0.2, 0) is 10.0 Å². The zero-order valence-corrected chi connectivity index (χ0v) is 16.0. The van der Waals surface area contributed by atoms with Crippen molar-refractivity contribution in [1.82, 2.24) is 0 Å². The van der Waals surface area contributed by atoms with Gasteiger partial charge in [0.1, 0.15) is 4.90 Å². The molecule has 3 N–H and O–H groups in total. The summed E-state index contributed by atoms with van der Waals surface area (Å²) in [7, 11) is -3.71. The first kappa shape index (κ1) is 16.1. The average Bonchev–Trinajstić information content (AvgIpc) is 2.30. The van der Waals surface area contributed by atoms with Crippen LogP contribution in [0, 0.1) is 3.57 Å². The molecule has 0 saturated heterocycles. The first-order chi connectivity index (χ1) is 9.29. The second kappa shape index (κ2) is 6.20. The van der Waals surface area contributed by atoms with Gasteiger partial charge in [-0.1, -0.05) is 0 Å². The van der Waals surface area contributed by atoms with Gasteiger partial charge in [-0.25, -0.2) is 8.42 Å². The van der Waals surface area contributed by atoms with Gasteiger partial charge in [-0.05, 0) is 90.8 Å². The van der Waals surface area contributed by atoms with Crippen molar-refractivity contribution < 1.29 is 8.42 Å². The van der Waals surface area contributed by atoms with Gasteiger partial charge in [-0.2, -0.15) is 0 Å². The molecule has 0 bridgehead atoms. The summed E-state index contributed by atoms with van der Waals surface area (Å²) in [4.78, 5) is 0.116. The standard InChI is InChI=1S/C12H9Br2IN2O2S/c13-10-5-8(16)6-11(14)12(10)20(18,19)17-9-3-1-7(15)2-4-9/h1-6,17H,16H2. The molecule has 20 heavy (non-hydrogen) atoms. The van der Waals surface area contributed by atoms with Crippen molar-refractivity contribution in [2.75, 3.05) is 10.5 Å². The lowest BCUT2D eigenvalue weighted by Gasteiger charge is -2.12. The lowest BCUT2D eigenvalue weighted by Crippen LogP contribution is -2.14. The highest BCUT2D eigenvalue weighted by atomic mass is 127. The summed E-state index contributed by atoms with van der Waals surface area (Å²) in [5.74, 6) is 0. The van der Waals surface area contributed by atoms with E-state index in [1.807, 2.05) is 12.1 Å². The molecule has 0 aromatic heterocycles. The Hall–Kier alpha value is -0.320. The summed E-state index contributed by atoms with van der Waals surface area (Å²) < 4.78 is 29.2. The van der Waals surface area contributed by atoms with Crippen LogP contribution >= 0.6 is 54.5 Å². The van der Waals surface area contributed by atoms with Gasteiger partial charge in [0.05, 0.1) is 0 Å². The second-order valence-electron chi connectivity index (χ2n) is 3.93. The minimum absolute atomic E-state index is 0.116. The van der Waals surface area contributed by atoms with Crippen molar-refractivity contribution in [2.24, 2.45) is 0 Å². The van der Waals surface area contributed by atoms with Gasteiger partial charge < -0.3 is 5.73 Å². The van der Waals surface area contributed by atoms with E-state index in [-0.39, 0.29) is 4.90 Å². The fraction of sp³-hybridized carbons (Fsp3) is 0. The summed E-state index contributed by atoms with van der Waals surface area (Å²) >= 11 is 8.61. The maximum Gasteiger partial charge on any atom is 0.264 e. The normalized spacial score (nSPS) is 11.3. The molecule has 0 aliphatic heterocycles. The van der Waals surface area contributed by atoms with E-state index >= 15 is 0 Å². The zero-order chi connectivity index (χ0) is 14.9. The number of nitrogen functional groups attached to an aromatic ring is 1. The molecule has 0 radical (unpaired) electrons. The van der Waals surface area contributed by atoms with E-state index in [0.717, 1.165) is 3.57 Å². The van der Waals surface area contributed by atoms with Crippen molar-refractivity contribution >= 4 is 75.8 Å². The molecular formula is C12H9Br2IN2O2S. The molecule has 0 atom stereocenters. The maximum absolute atomic E-state index is 12.4. The molecule has 0 unspecified atom stereocenters. The van der Waals surface area contributed by atoms with E-state index in [0.29, 0.717) is 20.3 Å². The molecule has 106 valence electrons. The van der Waals surface area contributed by atoms with Crippen LogP contribution < -0.4 is 10.5 Å². The van der Waals surface area contributed by atoms with Crippen LogP contribution in [0.15, 0.2) is 50.2 Å². The number of nitrogens with two attached hydrogens (primary N) is 1. The summed E-state index contributed by atoms with van der Waals surface area (Å²) in [5, 5.41) is 0. The highest BCUT2D eigenvalue weighted by Gasteiger charge is 2.21. The molecule has 0 heterocycles. The summed E-state index contributed by atoms with van der Waals surface area (Å²) in [6.45, 7) is 0. The van der Waals surface area contributed by atoms with Gasteiger partial charge in [0, 0.05) is 23.9 Å². The van der Waals surface area contributed by atoms with Crippen LogP contribution in [0.3, 0.4) is 0 Å². The van der Waals surface area contributed by atoms with Crippen LogP contribution in [0.1, 0.15) is 0 Å². The predicted molar refractivity (Wildman–Crippen MR) is 96.2 cm³/mol. The predicted octanol–water partition coefficient (Wildman–Crippen LogP) is 4.20. The Morgan fingerprint density at radius 3 is 2.05 bits per heavy atom. The minimum atomic E-state index is -3.71. The van der Waals surface area contributed by atoms with Gasteiger partial charge in [0.15, 0.2) is 0 Å². The molecule has 2 aromatic rings. The summed E-state index contributed by atoms with van der Waals surface area (Å²) in [6.07, 6.45) is 0. The van der Waals surface area contributed by atoms with E-state index in [2.05, 4.69) is 59.2 Å². The van der Waals surface area contributed by atoms with Gasteiger partial charge in [-0.15, -0.1) is 0 Å². The third-order valence-corrected chi connectivity index (χ3v) is 6.36. The minimum Gasteiger partial charge on any atom is -0.399 e. The molecule has 4 nitrogen and oxygen atoms in total. The highest BCUT2D eigenvalue weighted by molar-refractivity contribution is 14.1. The SMILES string of the molecule is Nc1cc(Br)c(S(=O)(=O)Nc2ccc(I)cc2)c(Br)c1. The smallest absolute Gasteiger partial charge is 0.264 e. The van der Waals surface area contributed by atoms with Crippen LogP contribution in [-0.4, -0.2) is 8.42 Å². The molecule has 0 aliphatic carbocycles. The Morgan fingerprint density at radius 2 is 1.55 bits per heavy atom. The van der Waals surface area contributed by atoms with Crippen molar-refractivity contribution in [3.63, 3.8) is 0 Å². The average molecular weight is 532 g/mol. The monoisotopic (exact) mass is 530 g/mol. The van der Waals surface area contributed by atoms with Crippen LogP contribution in [0.5, 0.6) is 0 Å². The Balaban J connectivity index is 2.43. The van der Waals surface area contributed by atoms with Gasteiger partial charge in [-0.3, -0.25) is 4.72 Å². The summed E-state index contributed by atoms with van der Waals surface area (Å²) in [6, 6.07) is 10.2.